The molecule has 2 unspecified atom stereocenters. The summed E-state index contributed by atoms with van der Waals surface area (Å²) in [5.41, 5.74) is 4.89. The third-order valence-electron chi connectivity index (χ3n) is 6.88. The summed E-state index contributed by atoms with van der Waals surface area (Å²) >= 11 is 0. The van der Waals surface area contributed by atoms with Gasteiger partial charge in [0.25, 0.3) is 5.56 Å². The lowest BCUT2D eigenvalue weighted by molar-refractivity contribution is -0.0593. The van der Waals surface area contributed by atoms with E-state index in [4.69, 9.17) is 4.74 Å². The van der Waals surface area contributed by atoms with E-state index in [1.165, 1.54) is 11.1 Å². The van der Waals surface area contributed by atoms with Crippen LogP contribution in [0.5, 0.6) is 0 Å². The number of benzene rings is 2. The molecule has 5 rings (SSSR count). The van der Waals surface area contributed by atoms with Gasteiger partial charge in [-0.05, 0) is 53.6 Å². The fraction of sp³-hybridized carbons (Fsp3) is 0.308. The highest BCUT2D eigenvalue weighted by Gasteiger charge is 2.47. The van der Waals surface area contributed by atoms with Crippen molar-refractivity contribution in [2.45, 2.75) is 37.8 Å². The molecule has 1 fully saturated rings. The minimum atomic E-state index is -0.465. The molecule has 2 atom stereocenters. The van der Waals surface area contributed by atoms with Crippen molar-refractivity contribution in [2.24, 2.45) is 7.05 Å². The molecule has 1 aliphatic carbocycles. The molecule has 0 radical (unpaired) electrons. The van der Waals surface area contributed by atoms with E-state index in [-0.39, 0.29) is 17.7 Å². The molecule has 1 saturated heterocycles. The van der Waals surface area contributed by atoms with Gasteiger partial charge in [0.15, 0.2) is 0 Å². The van der Waals surface area contributed by atoms with Crippen molar-refractivity contribution in [1.29, 1.82) is 0 Å². The quantitative estimate of drug-likeness (QED) is 0.619. The number of nitrogens with zero attached hydrogens (tertiary/aromatic N) is 2. The molecule has 3 aromatic rings. The summed E-state index contributed by atoms with van der Waals surface area (Å²) in [5, 5.41) is 0. The number of carbonyl (C=O) groups excluding carboxylic acids is 1. The van der Waals surface area contributed by atoms with Crippen molar-refractivity contribution in [2.75, 3.05) is 6.54 Å². The minimum absolute atomic E-state index is 0.0339. The molecule has 0 N–H and O–H groups in total. The number of fused-ring (bicyclic) bond motifs is 2. The maximum Gasteiger partial charge on any atom is 0.411 e. The van der Waals surface area contributed by atoms with Gasteiger partial charge in [0.1, 0.15) is 5.60 Å². The number of aromatic nitrogens is 1. The molecule has 2 aromatic carbocycles. The van der Waals surface area contributed by atoms with Gasteiger partial charge in [0.05, 0.1) is 6.04 Å². The van der Waals surface area contributed by atoms with Crippen LogP contribution in [0.1, 0.15) is 42.5 Å². The maximum absolute atomic E-state index is 13.0. The van der Waals surface area contributed by atoms with E-state index in [0.29, 0.717) is 6.54 Å². The average molecular weight is 415 g/mol. The molecule has 1 spiro atoms. The van der Waals surface area contributed by atoms with E-state index in [9.17, 15) is 9.59 Å². The van der Waals surface area contributed by atoms with Crippen molar-refractivity contribution in [1.82, 2.24) is 9.47 Å². The first-order valence-corrected chi connectivity index (χ1v) is 10.8. The summed E-state index contributed by atoms with van der Waals surface area (Å²) in [6.45, 7) is 2.71. The number of ether oxygens (including phenoxy) is 1. The van der Waals surface area contributed by atoms with Crippen LogP contribution in [0.2, 0.25) is 0 Å². The molecule has 1 aromatic heterocycles. The zero-order chi connectivity index (χ0) is 21.6. The Balaban J connectivity index is 1.33. The fourth-order valence-corrected chi connectivity index (χ4v) is 4.90. The van der Waals surface area contributed by atoms with Gasteiger partial charge >= 0.3 is 6.09 Å². The lowest BCUT2D eigenvalue weighted by Gasteiger charge is -2.42. The average Bonchev–Trinajstić information content (AvgIpc) is 3.13. The smallest absolute Gasteiger partial charge is 0.411 e. The number of aryl methyl sites for hydroxylation is 2. The van der Waals surface area contributed by atoms with Crippen molar-refractivity contribution >= 4 is 6.09 Å². The zero-order valence-electron chi connectivity index (χ0n) is 17.9. The van der Waals surface area contributed by atoms with Gasteiger partial charge in [-0.2, -0.15) is 0 Å². The Morgan fingerprint density at radius 3 is 2.48 bits per heavy atom. The molecular formula is C26H26N2O3. The number of carbonyl (C=O) groups is 1. The SMILES string of the molecule is CC(c1ccc(-c2ccn(C)c(=O)c2)cc1)N1CCC2(CCc3ccccc32)OC1=O. The minimum Gasteiger partial charge on any atom is -0.438 e. The molecule has 31 heavy (non-hydrogen) atoms. The second kappa shape index (κ2) is 7.41. The van der Waals surface area contributed by atoms with E-state index < -0.39 is 5.60 Å². The summed E-state index contributed by atoms with van der Waals surface area (Å²) in [5.74, 6) is 0. The van der Waals surface area contributed by atoms with Crippen LogP contribution in [-0.4, -0.2) is 22.1 Å². The molecule has 2 heterocycles. The third kappa shape index (κ3) is 3.34. The first-order valence-electron chi connectivity index (χ1n) is 10.8. The van der Waals surface area contributed by atoms with Gasteiger partial charge in [-0.25, -0.2) is 4.79 Å². The molecule has 0 bridgehead atoms. The molecule has 1 aliphatic heterocycles. The van der Waals surface area contributed by atoms with Crippen LogP contribution in [0.25, 0.3) is 11.1 Å². The highest BCUT2D eigenvalue weighted by Crippen LogP contribution is 2.46. The number of pyridine rings is 1. The lowest BCUT2D eigenvalue weighted by atomic mass is 9.90. The molecule has 2 aliphatic rings. The summed E-state index contributed by atoms with van der Waals surface area (Å²) in [4.78, 5) is 26.7. The van der Waals surface area contributed by atoms with E-state index in [1.807, 2.05) is 54.3 Å². The van der Waals surface area contributed by atoms with Crippen LogP contribution in [-0.2, 0) is 23.8 Å². The van der Waals surface area contributed by atoms with E-state index in [0.717, 1.165) is 36.0 Å². The number of hydrogen-bond donors (Lipinski definition) is 0. The predicted molar refractivity (Wildman–Crippen MR) is 120 cm³/mol. The predicted octanol–water partition coefficient (Wildman–Crippen LogP) is 4.80. The highest BCUT2D eigenvalue weighted by atomic mass is 16.6. The van der Waals surface area contributed by atoms with Gasteiger partial charge in [0, 0.05) is 32.3 Å². The van der Waals surface area contributed by atoms with Crippen LogP contribution in [0, 0.1) is 0 Å². The molecular weight excluding hydrogens is 388 g/mol. The largest absolute Gasteiger partial charge is 0.438 e. The summed E-state index contributed by atoms with van der Waals surface area (Å²) in [6.07, 6.45) is 4.17. The number of hydrogen-bond acceptors (Lipinski definition) is 3. The Kier molecular flexibility index (Phi) is 4.69. The summed E-state index contributed by atoms with van der Waals surface area (Å²) in [7, 11) is 1.74. The molecule has 5 heteroatoms. The third-order valence-corrected chi connectivity index (χ3v) is 6.88. The Labute approximate surface area is 181 Å². The van der Waals surface area contributed by atoms with Crippen molar-refractivity contribution in [3.05, 3.63) is 93.9 Å². The van der Waals surface area contributed by atoms with Gasteiger partial charge in [0.2, 0.25) is 0 Å². The van der Waals surface area contributed by atoms with Crippen LogP contribution in [0.15, 0.2) is 71.7 Å². The van der Waals surface area contributed by atoms with Gasteiger partial charge in [-0.15, -0.1) is 0 Å². The topological polar surface area (TPSA) is 51.5 Å². The zero-order valence-corrected chi connectivity index (χ0v) is 17.9. The monoisotopic (exact) mass is 414 g/mol. The molecule has 0 saturated carbocycles. The fourth-order valence-electron chi connectivity index (χ4n) is 4.90. The Bertz CT molecular complexity index is 1200. The molecule has 158 valence electrons. The van der Waals surface area contributed by atoms with Gasteiger partial charge in [-0.3, -0.25) is 4.79 Å². The second-order valence-electron chi connectivity index (χ2n) is 8.63. The van der Waals surface area contributed by atoms with Crippen LogP contribution in [0.4, 0.5) is 4.79 Å². The lowest BCUT2D eigenvalue weighted by Crippen LogP contribution is -2.47. The molecule has 5 nitrogen and oxygen atoms in total. The maximum atomic E-state index is 13.0. The van der Waals surface area contributed by atoms with Crippen molar-refractivity contribution in [3.63, 3.8) is 0 Å². The molecule has 1 amide bonds. The van der Waals surface area contributed by atoms with Gasteiger partial charge < -0.3 is 14.2 Å². The van der Waals surface area contributed by atoms with E-state index in [2.05, 4.69) is 12.1 Å². The standard InChI is InChI=1S/C26H26N2O3/c1-18(19-7-9-20(10-8-19)22-12-15-27(2)24(29)17-22)28-16-14-26(31-25(28)30)13-11-21-5-3-4-6-23(21)26/h3-10,12,15,17-18H,11,13-14,16H2,1-2H3. The van der Waals surface area contributed by atoms with Crippen LogP contribution < -0.4 is 5.56 Å². The van der Waals surface area contributed by atoms with E-state index >= 15 is 0 Å². The summed E-state index contributed by atoms with van der Waals surface area (Å²) < 4.78 is 7.64. The second-order valence-corrected chi connectivity index (χ2v) is 8.63. The van der Waals surface area contributed by atoms with Crippen LogP contribution >= 0.6 is 0 Å². The number of rotatable bonds is 3. The van der Waals surface area contributed by atoms with Crippen molar-refractivity contribution < 1.29 is 9.53 Å². The normalized spacial score (nSPS) is 21.1. The van der Waals surface area contributed by atoms with Crippen molar-refractivity contribution in [3.8, 4) is 11.1 Å². The van der Waals surface area contributed by atoms with E-state index in [1.54, 1.807) is 23.9 Å². The highest BCUT2D eigenvalue weighted by molar-refractivity contribution is 5.71. The van der Waals surface area contributed by atoms with Crippen LogP contribution in [0.3, 0.4) is 0 Å². The Hall–Kier alpha value is -3.34. The first kappa shape index (κ1) is 19.6. The Morgan fingerprint density at radius 2 is 1.74 bits per heavy atom. The summed E-state index contributed by atoms with van der Waals surface area (Å²) in [6, 6.07) is 19.9. The number of amides is 1. The Morgan fingerprint density at radius 1 is 0.968 bits per heavy atom. The first-order chi connectivity index (χ1) is 15.0. The van der Waals surface area contributed by atoms with Gasteiger partial charge in [-0.1, -0.05) is 48.5 Å².